The Bertz CT molecular complexity index is 1330. The van der Waals surface area contributed by atoms with Crippen molar-refractivity contribution in [3.05, 3.63) is 94.5 Å². The first kappa shape index (κ1) is 24.9. The molecule has 0 radical (unpaired) electrons. The van der Waals surface area contributed by atoms with Gasteiger partial charge in [0.2, 0.25) is 21.8 Å². The molecule has 1 heterocycles. The third-order valence-electron chi connectivity index (χ3n) is 5.91. The fraction of sp³-hybridized carbons (Fsp3) is 0.231. The van der Waals surface area contributed by atoms with E-state index >= 15 is 0 Å². The van der Waals surface area contributed by atoms with Crippen LogP contribution in [0, 0.1) is 0 Å². The van der Waals surface area contributed by atoms with Gasteiger partial charge in [-0.05, 0) is 59.9 Å². The predicted octanol–water partition coefficient (Wildman–Crippen LogP) is 3.46. The summed E-state index contributed by atoms with van der Waals surface area (Å²) in [6, 6.07) is 20.0. The molecule has 0 bridgehead atoms. The lowest BCUT2D eigenvalue weighted by atomic mass is 10.1. The SMILES string of the molecule is CC(=O)N1CCc2cc(S(=O)(=O)N[C@H](Cc3ccccc3)C(=O)NCc3ccc(Cl)cc3)ccc21. The molecule has 0 saturated heterocycles. The quantitative estimate of drug-likeness (QED) is 0.484. The number of anilines is 1. The van der Waals surface area contributed by atoms with Crippen LogP contribution in [0.5, 0.6) is 0 Å². The second-order valence-corrected chi connectivity index (χ2v) is 10.6. The second-order valence-electron chi connectivity index (χ2n) is 8.42. The van der Waals surface area contributed by atoms with Gasteiger partial charge in [-0.1, -0.05) is 54.1 Å². The van der Waals surface area contributed by atoms with Gasteiger partial charge in [0.15, 0.2) is 0 Å². The van der Waals surface area contributed by atoms with Gasteiger partial charge in [-0.2, -0.15) is 4.72 Å². The molecule has 1 aliphatic rings. The van der Waals surface area contributed by atoms with Gasteiger partial charge in [0.25, 0.3) is 0 Å². The van der Waals surface area contributed by atoms with Crippen LogP contribution in [-0.4, -0.2) is 32.8 Å². The summed E-state index contributed by atoms with van der Waals surface area (Å²) in [5, 5.41) is 3.41. The molecule has 0 saturated carbocycles. The molecule has 3 aromatic rings. The van der Waals surface area contributed by atoms with E-state index in [1.807, 2.05) is 30.3 Å². The Morgan fingerprint density at radius 1 is 1.00 bits per heavy atom. The van der Waals surface area contributed by atoms with E-state index in [9.17, 15) is 18.0 Å². The van der Waals surface area contributed by atoms with Crippen LogP contribution in [0.2, 0.25) is 5.02 Å². The number of halogens is 1. The third kappa shape index (κ3) is 6.08. The van der Waals surface area contributed by atoms with Crippen LogP contribution < -0.4 is 14.9 Å². The zero-order chi connectivity index (χ0) is 25.0. The highest BCUT2D eigenvalue weighted by atomic mass is 35.5. The molecule has 0 fully saturated rings. The molecule has 1 atom stereocenters. The van der Waals surface area contributed by atoms with Crippen LogP contribution in [-0.2, 0) is 39.0 Å². The lowest BCUT2D eigenvalue weighted by Gasteiger charge is -2.20. The number of fused-ring (bicyclic) bond motifs is 1. The Hall–Kier alpha value is -3.20. The molecule has 0 unspecified atom stereocenters. The molecule has 0 aliphatic carbocycles. The molecule has 1 aliphatic heterocycles. The van der Waals surface area contributed by atoms with Crippen molar-refractivity contribution in [3.63, 3.8) is 0 Å². The monoisotopic (exact) mass is 511 g/mol. The van der Waals surface area contributed by atoms with Gasteiger partial charge in [-0.3, -0.25) is 9.59 Å². The molecule has 4 rings (SSSR count). The fourth-order valence-corrected chi connectivity index (χ4v) is 5.45. The summed E-state index contributed by atoms with van der Waals surface area (Å²) in [5.74, 6) is -0.519. The number of sulfonamides is 1. The number of carbonyl (C=O) groups excluding carboxylic acids is 2. The zero-order valence-electron chi connectivity index (χ0n) is 19.2. The number of nitrogens with zero attached hydrogens (tertiary/aromatic N) is 1. The number of nitrogens with one attached hydrogen (secondary N) is 2. The lowest BCUT2D eigenvalue weighted by Crippen LogP contribution is -2.47. The van der Waals surface area contributed by atoms with Crippen LogP contribution in [0.1, 0.15) is 23.6 Å². The van der Waals surface area contributed by atoms with Crippen molar-refractivity contribution >= 4 is 39.1 Å². The number of carbonyl (C=O) groups is 2. The van der Waals surface area contributed by atoms with Crippen LogP contribution in [0.15, 0.2) is 77.7 Å². The second kappa shape index (κ2) is 10.6. The van der Waals surface area contributed by atoms with Gasteiger partial charge in [-0.25, -0.2) is 8.42 Å². The smallest absolute Gasteiger partial charge is 0.241 e. The van der Waals surface area contributed by atoms with Gasteiger partial charge in [-0.15, -0.1) is 0 Å². The number of hydrogen-bond acceptors (Lipinski definition) is 4. The summed E-state index contributed by atoms with van der Waals surface area (Å²) in [6.07, 6.45) is 0.767. The minimum Gasteiger partial charge on any atom is -0.351 e. The van der Waals surface area contributed by atoms with Crippen molar-refractivity contribution in [3.8, 4) is 0 Å². The van der Waals surface area contributed by atoms with E-state index in [4.69, 9.17) is 11.6 Å². The average molecular weight is 512 g/mol. The highest BCUT2D eigenvalue weighted by Gasteiger charge is 2.28. The highest BCUT2D eigenvalue weighted by Crippen LogP contribution is 2.30. The van der Waals surface area contributed by atoms with Crippen molar-refractivity contribution < 1.29 is 18.0 Å². The summed E-state index contributed by atoms with van der Waals surface area (Å²) in [5.41, 5.74) is 3.18. The van der Waals surface area contributed by atoms with Crippen LogP contribution in [0.4, 0.5) is 5.69 Å². The fourth-order valence-electron chi connectivity index (χ4n) is 4.08. The highest BCUT2D eigenvalue weighted by molar-refractivity contribution is 7.89. The summed E-state index contributed by atoms with van der Waals surface area (Å²) >= 11 is 5.92. The third-order valence-corrected chi connectivity index (χ3v) is 7.63. The Kier molecular flexibility index (Phi) is 7.54. The Morgan fingerprint density at radius 2 is 1.71 bits per heavy atom. The van der Waals surface area contributed by atoms with Crippen molar-refractivity contribution in [2.24, 2.45) is 0 Å². The van der Waals surface area contributed by atoms with Crippen LogP contribution >= 0.6 is 11.6 Å². The molecule has 9 heteroatoms. The van der Waals surface area contributed by atoms with Crippen LogP contribution in [0.3, 0.4) is 0 Å². The maximum atomic E-state index is 13.3. The van der Waals surface area contributed by atoms with E-state index in [1.54, 1.807) is 41.3 Å². The molecular weight excluding hydrogens is 486 g/mol. The Labute approximate surface area is 210 Å². The molecule has 182 valence electrons. The van der Waals surface area contributed by atoms with Gasteiger partial charge in [0.05, 0.1) is 4.90 Å². The number of amides is 2. The zero-order valence-corrected chi connectivity index (χ0v) is 20.8. The number of hydrogen-bond donors (Lipinski definition) is 2. The van der Waals surface area contributed by atoms with E-state index in [1.165, 1.54) is 13.0 Å². The summed E-state index contributed by atoms with van der Waals surface area (Å²) < 4.78 is 29.1. The van der Waals surface area contributed by atoms with E-state index in [0.29, 0.717) is 18.0 Å². The topological polar surface area (TPSA) is 95.6 Å². The van der Waals surface area contributed by atoms with E-state index in [-0.39, 0.29) is 23.8 Å². The van der Waals surface area contributed by atoms with Crippen molar-refractivity contribution in [1.29, 1.82) is 0 Å². The molecular formula is C26H26ClN3O4S. The summed E-state index contributed by atoms with van der Waals surface area (Å²) in [4.78, 5) is 26.6. The maximum absolute atomic E-state index is 13.3. The van der Waals surface area contributed by atoms with E-state index in [2.05, 4.69) is 10.0 Å². The summed E-state index contributed by atoms with van der Waals surface area (Å²) in [6.45, 7) is 2.24. The molecule has 0 aromatic heterocycles. The van der Waals surface area contributed by atoms with Gasteiger partial charge < -0.3 is 10.2 Å². The largest absolute Gasteiger partial charge is 0.351 e. The minimum absolute atomic E-state index is 0.0604. The predicted molar refractivity (Wildman–Crippen MR) is 136 cm³/mol. The van der Waals surface area contributed by atoms with Crippen molar-refractivity contribution in [1.82, 2.24) is 10.0 Å². The first-order valence-corrected chi connectivity index (χ1v) is 13.1. The van der Waals surface area contributed by atoms with E-state index in [0.717, 1.165) is 22.4 Å². The Balaban J connectivity index is 1.54. The van der Waals surface area contributed by atoms with Crippen LogP contribution in [0.25, 0.3) is 0 Å². The van der Waals surface area contributed by atoms with Gasteiger partial charge >= 0.3 is 0 Å². The first-order chi connectivity index (χ1) is 16.7. The maximum Gasteiger partial charge on any atom is 0.241 e. The molecule has 3 aromatic carbocycles. The van der Waals surface area contributed by atoms with Crippen molar-refractivity contribution in [2.75, 3.05) is 11.4 Å². The standard InChI is InChI=1S/C26H26ClN3O4S/c1-18(31)30-14-13-21-16-23(11-12-25(21)30)35(33,34)29-24(15-19-5-3-2-4-6-19)26(32)28-17-20-7-9-22(27)10-8-20/h2-12,16,24,29H,13-15,17H2,1H3,(H,28,32)/t24-/m1/s1. The minimum atomic E-state index is -4.00. The number of benzene rings is 3. The molecule has 2 amide bonds. The molecule has 7 nitrogen and oxygen atoms in total. The summed E-state index contributed by atoms with van der Waals surface area (Å²) in [7, 11) is -4.00. The molecule has 35 heavy (non-hydrogen) atoms. The van der Waals surface area contributed by atoms with Gasteiger partial charge in [0.1, 0.15) is 6.04 Å². The van der Waals surface area contributed by atoms with E-state index < -0.39 is 22.0 Å². The normalized spacial score (nSPS) is 13.8. The average Bonchev–Trinajstić information content (AvgIpc) is 3.27. The molecule has 0 spiro atoms. The Morgan fingerprint density at radius 3 is 2.40 bits per heavy atom. The number of rotatable bonds is 8. The molecule has 2 N–H and O–H groups in total. The first-order valence-electron chi connectivity index (χ1n) is 11.2. The van der Waals surface area contributed by atoms with Crippen molar-refractivity contribution in [2.45, 2.75) is 37.2 Å². The lowest BCUT2D eigenvalue weighted by molar-refractivity contribution is -0.123. The van der Waals surface area contributed by atoms with Gasteiger partial charge in [0, 0.05) is 30.7 Å².